The van der Waals surface area contributed by atoms with Crippen LogP contribution in [0.15, 0.2) is 12.5 Å². The Morgan fingerprint density at radius 1 is 1.59 bits per heavy atom. The molecule has 6 nitrogen and oxygen atoms in total. The van der Waals surface area contributed by atoms with Gasteiger partial charge in [0.05, 0.1) is 18.2 Å². The van der Waals surface area contributed by atoms with Crippen LogP contribution in [0.25, 0.3) is 0 Å². The molecule has 1 atom stereocenters. The first-order chi connectivity index (χ1) is 6.66. The fraction of sp³-hybridized carbons (Fsp3) is 0.500. The molecule has 0 bridgehead atoms. The number of nitrogens with zero attached hydrogens (tertiary/aromatic N) is 2. The van der Waals surface area contributed by atoms with E-state index in [1.54, 1.807) is 17.9 Å². The van der Waals surface area contributed by atoms with Gasteiger partial charge in [0.2, 0.25) is 0 Å². The normalized spacial score (nSPS) is 10.5. The maximum absolute atomic E-state index is 10.9. The van der Waals surface area contributed by atoms with Gasteiger partial charge in [-0.1, -0.05) is 0 Å². The van der Waals surface area contributed by atoms with Crippen LogP contribution >= 0.6 is 37.2 Å². The molecule has 0 radical (unpaired) electrons. The van der Waals surface area contributed by atoms with Crippen LogP contribution in [-0.2, 0) is 11.8 Å². The molecule has 0 aliphatic carbocycles. The van der Waals surface area contributed by atoms with Crippen molar-refractivity contribution >= 4 is 43.2 Å². The van der Waals surface area contributed by atoms with Gasteiger partial charge in [-0.25, -0.2) is 4.98 Å². The lowest BCUT2D eigenvalue weighted by atomic mass is 10.2. The van der Waals surface area contributed by atoms with Crippen molar-refractivity contribution in [3.63, 3.8) is 0 Å². The highest BCUT2D eigenvalue weighted by molar-refractivity contribution is 5.86. The lowest BCUT2D eigenvalue weighted by Gasteiger charge is -2.13. The first-order valence-corrected chi connectivity index (χ1v) is 4.29. The Morgan fingerprint density at radius 3 is 2.53 bits per heavy atom. The van der Waals surface area contributed by atoms with E-state index in [4.69, 9.17) is 10.8 Å². The van der Waals surface area contributed by atoms with Crippen LogP contribution in [0.5, 0.6) is 0 Å². The number of rotatable bonds is 5. The van der Waals surface area contributed by atoms with Gasteiger partial charge in [0, 0.05) is 20.1 Å². The Morgan fingerprint density at radius 2 is 2.18 bits per heavy atom. The highest BCUT2D eigenvalue weighted by atomic mass is 35.5. The van der Waals surface area contributed by atoms with Crippen LogP contribution in [0.3, 0.4) is 0 Å². The van der Waals surface area contributed by atoms with Gasteiger partial charge in [0.25, 0.3) is 0 Å². The molecule has 0 aromatic carbocycles. The molecule has 0 aliphatic heterocycles. The Bertz CT molecular complexity index is 321. The van der Waals surface area contributed by atoms with E-state index in [9.17, 15) is 4.79 Å². The smallest absolute Gasteiger partial charge is 0.326 e. The van der Waals surface area contributed by atoms with Crippen LogP contribution in [0.4, 0.5) is 0 Å². The number of aryl methyl sites for hydroxylation is 1. The van der Waals surface area contributed by atoms with E-state index in [1.807, 2.05) is 0 Å². The summed E-state index contributed by atoms with van der Waals surface area (Å²) in [6, 6.07) is -0.744. The maximum atomic E-state index is 10.9. The standard InChI is InChI=1S/C8H14N4O2.3ClH/c1-12-5-10-4-6(12)7(8(13)14)11-3-2-9;;;/h4-5,7,11H,2-3,9H2,1H3,(H,13,14);3*1H. The second-order valence-electron chi connectivity index (χ2n) is 2.94. The minimum Gasteiger partial charge on any atom is -0.480 e. The average molecular weight is 308 g/mol. The summed E-state index contributed by atoms with van der Waals surface area (Å²) in [5.74, 6) is -0.929. The molecule has 9 heteroatoms. The van der Waals surface area contributed by atoms with Crippen molar-refractivity contribution in [2.75, 3.05) is 13.1 Å². The molecule has 1 aromatic rings. The highest BCUT2D eigenvalue weighted by Gasteiger charge is 2.21. The number of nitrogens with one attached hydrogen (secondary N) is 1. The Kier molecular flexibility index (Phi) is 13.6. The first kappa shape index (κ1) is 21.7. The van der Waals surface area contributed by atoms with Crippen molar-refractivity contribution in [3.8, 4) is 0 Å². The van der Waals surface area contributed by atoms with Crippen molar-refractivity contribution < 1.29 is 9.90 Å². The number of nitrogens with two attached hydrogens (primary N) is 1. The molecule has 102 valence electrons. The van der Waals surface area contributed by atoms with Gasteiger partial charge < -0.3 is 15.4 Å². The molecule has 0 aliphatic rings. The third kappa shape index (κ3) is 6.09. The number of hydrogen-bond acceptors (Lipinski definition) is 4. The van der Waals surface area contributed by atoms with Crippen molar-refractivity contribution in [3.05, 3.63) is 18.2 Å². The maximum Gasteiger partial charge on any atom is 0.326 e. The number of imidazole rings is 1. The van der Waals surface area contributed by atoms with Gasteiger partial charge in [0.15, 0.2) is 0 Å². The van der Waals surface area contributed by atoms with Gasteiger partial charge in [-0.05, 0) is 0 Å². The van der Waals surface area contributed by atoms with Gasteiger partial charge in [0.1, 0.15) is 6.04 Å². The molecule has 0 spiro atoms. The quantitative estimate of drug-likeness (QED) is 0.730. The summed E-state index contributed by atoms with van der Waals surface area (Å²) in [7, 11) is 1.75. The summed E-state index contributed by atoms with van der Waals surface area (Å²) in [6.45, 7) is 0.865. The number of halogens is 3. The van der Waals surface area contributed by atoms with Crippen molar-refractivity contribution in [2.24, 2.45) is 12.8 Å². The van der Waals surface area contributed by atoms with E-state index >= 15 is 0 Å². The molecule has 1 aromatic heterocycles. The number of aromatic nitrogens is 2. The second kappa shape index (κ2) is 10.6. The third-order valence-electron chi connectivity index (χ3n) is 1.89. The zero-order valence-electron chi connectivity index (χ0n) is 9.20. The molecule has 0 amide bonds. The van der Waals surface area contributed by atoms with Crippen LogP contribution < -0.4 is 11.1 Å². The topological polar surface area (TPSA) is 93.2 Å². The monoisotopic (exact) mass is 306 g/mol. The van der Waals surface area contributed by atoms with Gasteiger partial charge in [-0.15, -0.1) is 37.2 Å². The SMILES string of the molecule is Cl.Cl.Cl.Cn1cncc1C(NCCN)C(=O)O. The average Bonchev–Trinajstić information content (AvgIpc) is 2.52. The van der Waals surface area contributed by atoms with E-state index < -0.39 is 12.0 Å². The van der Waals surface area contributed by atoms with E-state index in [0.717, 1.165) is 0 Å². The highest BCUT2D eigenvalue weighted by Crippen LogP contribution is 2.10. The van der Waals surface area contributed by atoms with E-state index in [2.05, 4.69) is 10.3 Å². The molecule has 1 rings (SSSR count). The number of carbonyl (C=O) groups is 1. The zero-order valence-corrected chi connectivity index (χ0v) is 11.6. The molecular formula is C8H17Cl3N4O2. The minimum absolute atomic E-state index is 0. The van der Waals surface area contributed by atoms with E-state index in [0.29, 0.717) is 18.8 Å². The lowest BCUT2D eigenvalue weighted by molar-refractivity contribution is -0.139. The molecule has 1 heterocycles. The van der Waals surface area contributed by atoms with Crippen LogP contribution in [0.1, 0.15) is 11.7 Å². The predicted octanol–water partition coefficient (Wildman–Crippen LogP) is 0.359. The summed E-state index contributed by atoms with van der Waals surface area (Å²) in [4.78, 5) is 14.8. The minimum atomic E-state index is -0.929. The summed E-state index contributed by atoms with van der Waals surface area (Å²) >= 11 is 0. The Hall–Kier alpha value is -0.530. The van der Waals surface area contributed by atoms with Gasteiger partial charge >= 0.3 is 5.97 Å². The summed E-state index contributed by atoms with van der Waals surface area (Å²) in [5, 5.41) is 11.8. The Balaban J connectivity index is -0.000000653. The van der Waals surface area contributed by atoms with Crippen molar-refractivity contribution in [1.82, 2.24) is 14.9 Å². The predicted molar refractivity (Wildman–Crippen MR) is 72.4 cm³/mol. The lowest BCUT2D eigenvalue weighted by Crippen LogP contribution is -2.33. The third-order valence-corrected chi connectivity index (χ3v) is 1.89. The fourth-order valence-corrected chi connectivity index (χ4v) is 1.19. The zero-order chi connectivity index (χ0) is 10.6. The number of hydrogen-bond donors (Lipinski definition) is 3. The fourth-order valence-electron chi connectivity index (χ4n) is 1.19. The van der Waals surface area contributed by atoms with Crippen LogP contribution in [-0.4, -0.2) is 33.7 Å². The largest absolute Gasteiger partial charge is 0.480 e. The summed E-state index contributed by atoms with van der Waals surface area (Å²) < 4.78 is 1.67. The van der Waals surface area contributed by atoms with Crippen LogP contribution in [0.2, 0.25) is 0 Å². The summed E-state index contributed by atoms with van der Waals surface area (Å²) in [5.41, 5.74) is 5.91. The van der Waals surface area contributed by atoms with Crippen LogP contribution in [0, 0.1) is 0 Å². The number of carboxylic acid groups (broad SMARTS) is 1. The van der Waals surface area contributed by atoms with Crippen molar-refractivity contribution in [2.45, 2.75) is 6.04 Å². The van der Waals surface area contributed by atoms with Gasteiger partial charge in [-0.2, -0.15) is 0 Å². The van der Waals surface area contributed by atoms with E-state index in [1.165, 1.54) is 6.20 Å². The molecule has 4 N–H and O–H groups in total. The van der Waals surface area contributed by atoms with Crippen molar-refractivity contribution in [1.29, 1.82) is 0 Å². The summed E-state index contributed by atoms with van der Waals surface area (Å²) in [6.07, 6.45) is 3.09. The molecule has 0 saturated heterocycles. The molecular weight excluding hydrogens is 290 g/mol. The molecule has 1 unspecified atom stereocenters. The number of carboxylic acids is 1. The van der Waals surface area contributed by atoms with E-state index in [-0.39, 0.29) is 37.2 Å². The molecule has 17 heavy (non-hydrogen) atoms. The number of aliphatic carboxylic acids is 1. The Labute approximate surface area is 118 Å². The first-order valence-electron chi connectivity index (χ1n) is 4.29. The van der Waals surface area contributed by atoms with Gasteiger partial charge in [-0.3, -0.25) is 10.1 Å². The second-order valence-corrected chi connectivity index (χ2v) is 2.94. The molecule has 0 saturated carbocycles. The molecule has 0 fully saturated rings.